The molecule has 2 atom stereocenters. The van der Waals surface area contributed by atoms with Crippen LogP contribution in [0, 0.1) is 0 Å². The second kappa shape index (κ2) is 16.4. The van der Waals surface area contributed by atoms with E-state index in [1.165, 1.54) is 11.6 Å². The SMILES string of the molecule is C[C@H](Cc1cccc(CC(=O)NCc2ccc(C(=O)NCc3ccc(C(C)(C)C)cc3)cc2)c1)NC[C@H](O)c1ccc(O)c(CO)c1. The third-order valence-corrected chi connectivity index (χ3v) is 8.20. The summed E-state index contributed by atoms with van der Waals surface area (Å²) in [6, 6.07) is 28.2. The van der Waals surface area contributed by atoms with Crippen LogP contribution in [0.25, 0.3) is 0 Å². The predicted octanol–water partition coefficient (Wildman–Crippen LogP) is 5.23. The summed E-state index contributed by atoms with van der Waals surface area (Å²) in [6.07, 6.45) is 0.177. The van der Waals surface area contributed by atoms with E-state index < -0.39 is 6.10 Å². The monoisotopic (exact) mass is 637 g/mol. The van der Waals surface area contributed by atoms with E-state index in [9.17, 15) is 24.9 Å². The molecule has 4 aromatic carbocycles. The second-order valence-corrected chi connectivity index (χ2v) is 13.2. The maximum Gasteiger partial charge on any atom is 0.251 e. The summed E-state index contributed by atoms with van der Waals surface area (Å²) in [4.78, 5) is 25.4. The number of phenols is 1. The summed E-state index contributed by atoms with van der Waals surface area (Å²) >= 11 is 0. The van der Waals surface area contributed by atoms with E-state index in [0.29, 0.717) is 42.7 Å². The van der Waals surface area contributed by atoms with Gasteiger partial charge in [-0.25, -0.2) is 0 Å². The summed E-state index contributed by atoms with van der Waals surface area (Å²) in [5, 5.41) is 38.9. The highest BCUT2D eigenvalue weighted by molar-refractivity contribution is 5.94. The summed E-state index contributed by atoms with van der Waals surface area (Å²) < 4.78 is 0. The molecule has 4 aromatic rings. The van der Waals surface area contributed by atoms with Gasteiger partial charge in [-0.05, 0) is 76.4 Å². The van der Waals surface area contributed by atoms with Crippen LogP contribution >= 0.6 is 0 Å². The number of hydrogen-bond donors (Lipinski definition) is 6. The van der Waals surface area contributed by atoms with E-state index in [0.717, 1.165) is 22.3 Å². The van der Waals surface area contributed by atoms with Crippen molar-refractivity contribution in [3.8, 4) is 5.75 Å². The predicted molar refractivity (Wildman–Crippen MR) is 185 cm³/mol. The van der Waals surface area contributed by atoms with Crippen molar-refractivity contribution in [2.24, 2.45) is 0 Å². The van der Waals surface area contributed by atoms with Crippen molar-refractivity contribution in [1.29, 1.82) is 0 Å². The third-order valence-electron chi connectivity index (χ3n) is 8.20. The zero-order valence-corrected chi connectivity index (χ0v) is 27.7. The normalized spacial score (nSPS) is 12.7. The molecule has 2 amide bonds. The van der Waals surface area contributed by atoms with Crippen LogP contribution in [0.1, 0.15) is 83.1 Å². The van der Waals surface area contributed by atoms with Gasteiger partial charge >= 0.3 is 0 Å². The number of aliphatic hydroxyl groups is 2. The average Bonchev–Trinajstić information content (AvgIpc) is 3.05. The van der Waals surface area contributed by atoms with Crippen molar-refractivity contribution in [2.45, 2.75) is 77.8 Å². The zero-order valence-electron chi connectivity index (χ0n) is 27.7. The maximum atomic E-state index is 12.7. The van der Waals surface area contributed by atoms with Crippen LogP contribution in [0.4, 0.5) is 0 Å². The van der Waals surface area contributed by atoms with Gasteiger partial charge < -0.3 is 31.3 Å². The van der Waals surface area contributed by atoms with Gasteiger partial charge in [0.2, 0.25) is 5.91 Å². The van der Waals surface area contributed by atoms with Crippen LogP contribution in [-0.2, 0) is 42.7 Å². The van der Waals surface area contributed by atoms with E-state index in [-0.39, 0.29) is 42.0 Å². The van der Waals surface area contributed by atoms with Crippen molar-refractivity contribution < 1.29 is 24.9 Å². The van der Waals surface area contributed by atoms with E-state index in [2.05, 4.69) is 48.9 Å². The molecule has 0 fully saturated rings. The lowest BCUT2D eigenvalue weighted by molar-refractivity contribution is -0.120. The van der Waals surface area contributed by atoms with E-state index >= 15 is 0 Å². The van der Waals surface area contributed by atoms with Crippen LogP contribution in [-0.4, -0.2) is 39.7 Å². The molecule has 0 aliphatic rings. The molecule has 6 N–H and O–H groups in total. The molecule has 0 saturated carbocycles. The molecule has 0 spiro atoms. The fourth-order valence-electron chi connectivity index (χ4n) is 5.29. The number of aliphatic hydroxyl groups excluding tert-OH is 2. The number of carbonyl (C=O) groups is 2. The van der Waals surface area contributed by atoms with Crippen molar-refractivity contribution in [3.63, 3.8) is 0 Å². The minimum absolute atomic E-state index is 0.00274. The topological polar surface area (TPSA) is 131 Å². The summed E-state index contributed by atoms with van der Waals surface area (Å²) in [7, 11) is 0. The molecule has 248 valence electrons. The molecule has 0 heterocycles. The van der Waals surface area contributed by atoms with Crippen molar-refractivity contribution >= 4 is 11.8 Å². The third kappa shape index (κ3) is 10.8. The van der Waals surface area contributed by atoms with Gasteiger partial charge in [0.05, 0.1) is 19.1 Å². The largest absolute Gasteiger partial charge is 0.508 e. The average molecular weight is 638 g/mol. The first-order valence-corrected chi connectivity index (χ1v) is 16.1. The van der Waals surface area contributed by atoms with Gasteiger partial charge in [0.25, 0.3) is 5.91 Å². The molecule has 4 rings (SSSR count). The van der Waals surface area contributed by atoms with Crippen molar-refractivity contribution in [1.82, 2.24) is 16.0 Å². The number of nitrogens with one attached hydrogen (secondary N) is 3. The van der Waals surface area contributed by atoms with Gasteiger partial charge in [-0.1, -0.05) is 87.5 Å². The minimum Gasteiger partial charge on any atom is -0.508 e. The van der Waals surface area contributed by atoms with Crippen LogP contribution in [0.5, 0.6) is 5.75 Å². The van der Waals surface area contributed by atoms with Crippen LogP contribution < -0.4 is 16.0 Å². The summed E-state index contributed by atoms with van der Waals surface area (Å²) in [5.74, 6) is -0.232. The Hall–Kier alpha value is -4.50. The van der Waals surface area contributed by atoms with E-state index in [4.69, 9.17) is 0 Å². The minimum atomic E-state index is -0.784. The summed E-state index contributed by atoms with van der Waals surface area (Å²) in [5.41, 5.74) is 6.84. The fraction of sp³-hybridized carbons (Fsp3) is 0.333. The molecular formula is C39H47N3O5. The number of aromatic hydroxyl groups is 1. The standard InChI is InChI=1S/C39H47N3O5/c1-26(40-24-36(45)32-14-17-35(44)33(21-32)25-43)18-29-6-5-7-30(19-29)20-37(46)41-22-27-8-12-31(13-9-27)38(47)42-23-28-10-15-34(16-11-28)39(2,3)4/h5-17,19,21,26,36,40,43-45H,18,20,22-25H2,1-4H3,(H,41,46)(H,42,47)/t26-,36+/m1/s1. The quantitative estimate of drug-likeness (QED) is 0.112. The highest BCUT2D eigenvalue weighted by atomic mass is 16.3. The highest BCUT2D eigenvalue weighted by Crippen LogP contribution is 2.23. The van der Waals surface area contributed by atoms with Crippen LogP contribution in [0.3, 0.4) is 0 Å². The first-order chi connectivity index (χ1) is 22.4. The van der Waals surface area contributed by atoms with Gasteiger partial charge in [-0.2, -0.15) is 0 Å². The van der Waals surface area contributed by atoms with Gasteiger partial charge in [0, 0.05) is 36.8 Å². The first kappa shape index (κ1) is 35.4. The molecule has 0 unspecified atom stereocenters. The van der Waals surface area contributed by atoms with Crippen molar-refractivity contribution in [3.05, 3.63) is 136 Å². The maximum absolute atomic E-state index is 12.7. The Bertz CT molecular complexity index is 1630. The van der Waals surface area contributed by atoms with Gasteiger partial charge in [-0.3, -0.25) is 9.59 Å². The Morgan fingerprint density at radius 2 is 1.43 bits per heavy atom. The lowest BCUT2D eigenvalue weighted by Gasteiger charge is -2.19. The molecule has 0 radical (unpaired) electrons. The molecular weight excluding hydrogens is 590 g/mol. The van der Waals surface area contributed by atoms with Gasteiger partial charge in [0.1, 0.15) is 5.75 Å². The second-order valence-electron chi connectivity index (χ2n) is 13.2. The number of benzene rings is 4. The Morgan fingerprint density at radius 1 is 0.787 bits per heavy atom. The number of hydrogen-bond acceptors (Lipinski definition) is 6. The van der Waals surface area contributed by atoms with Crippen LogP contribution in [0.15, 0.2) is 91.0 Å². The molecule has 0 bridgehead atoms. The Balaban J connectivity index is 1.19. The first-order valence-electron chi connectivity index (χ1n) is 16.1. The zero-order chi connectivity index (χ0) is 34.0. The molecule has 0 aliphatic heterocycles. The Kier molecular flexibility index (Phi) is 12.3. The number of carbonyl (C=O) groups excluding carboxylic acids is 2. The van der Waals surface area contributed by atoms with E-state index in [1.54, 1.807) is 24.3 Å². The van der Waals surface area contributed by atoms with E-state index in [1.807, 2.05) is 55.5 Å². The summed E-state index contributed by atoms with van der Waals surface area (Å²) in [6.45, 7) is 9.39. The number of rotatable bonds is 14. The lowest BCUT2D eigenvalue weighted by atomic mass is 9.87. The molecule has 47 heavy (non-hydrogen) atoms. The smallest absolute Gasteiger partial charge is 0.251 e. The fourth-order valence-corrected chi connectivity index (χ4v) is 5.29. The molecule has 0 aromatic heterocycles. The Labute approximate surface area is 277 Å². The molecule has 0 aliphatic carbocycles. The van der Waals surface area contributed by atoms with Gasteiger partial charge in [-0.15, -0.1) is 0 Å². The molecule has 8 heteroatoms. The number of amides is 2. The Morgan fingerprint density at radius 3 is 2.09 bits per heavy atom. The molecule has 0 saturated heterocycles. The highest BCUT2D eigenvalue weighted by Gasteiger charge is 2.14. The lowest BCUT2D eigenvalue weighted by Crippen LogP contribution is -2.32. The van der Waals surface area contributed by atoms with Gasteiger partial charge in [0.15, 0.2) is 0 Å². The van der Waals surface area contributed by atoms with Crippen LogP contribution in [0.2, 0.25) is 0 Å². The van der Waals surface area contributed by atoms with Crippen molar-refractivity contribution in [2.75, 3.05) is 6.54 Å². The molecule has 8 nitrogen and oxygen atoms in total.